The van der Waals surface area contributed by atoms with E-state index in [1.54, 1.807) is 13.8 Å². The van der Waals surface area contributed by atoms with Crippen molar-refractivity contribution in [2.24, 2.45) is 5.92 Å². The molecule has 2 N–H and O–H groups in total. The van der Waals surface area contributed by atoms with Gasteiger partial charge >= 0.3 is 0 Å². The molecule has 0 aliphatic carbocycles. The van der Waals surface area contributed by atoms with E-state index in [-0.39, 0.29) is 18.4 Å². The van der Waals surface area contributed by atoms with Crippen LogP contribution in [0.5, 0.6) is 0 Å². The maximum atomic E-state index is 13.6. The second-order valence-electron chi connectivity index (χ2n) is 5.80. The highest BCUT2D eigenvalue weighted by Gasteiger charge is 2.27. The van der Waals surface area contributed by atoms with Gasteiger partial charge < -0.3 is 15.5 Å². The van der Waals surface area contributed by atoms with Crippen molar-refractivity contribution in [3.05, 3.63) is 35.4 Å². The van der Waals surface area contributed by atoms with Crippen LogP contribution in [0.15, 0.2) is 18.2 Å². The fraction of sp³-hybridized carbons (Fsp3) is 0.438. The standard InChI is InChI=1S/C16H21F2N3O3/c1-9(2)14(16(24)19-8-12(22)21(3)4)20-15(23)13-10(17)6-5-7-11(13)18/h5-7,9,14H,8H2,1-4H3,(H,19,24)(H,20,23). The predicted molar refractivity (Wildman–Crippen MR) is 84.2 cm³/mol. The van der Waals surface area contributed by atoms with Crippen molar-refractivity contribution < 1.29 is 23.2 Å². The first kappa shape index (κ1) is 19.5. The number of nitrogens with zero attached hydrogens (tertiary/aromatic N) is 1. The van der Waals surface area contributed by atoms with E-state index in [9.17, 15) is 23.2 Å². The Bertz CT molecular complexity index is 613. The molecule has 1 unspecified atom stereocenters. The van der Waals surface area contributed by atoms with Crippen LogP contribution in [0.3, 0.4) is 0 Å². The summed E-state index contributed by atoms with van der Waals surface area (Å²) in [6.45, 7) is 3.09. The summed E-state index contributed by atoms with van der Waals surface area (Å²) < 4.78 is 27.3. The predicted octanol–water partition coefficient (Wildman–Crippen LogP) is 0.924. The molecule has 1 atom stereocenters. The monoisotopic (exact) mass is 341 g/mol. The molecule has 0 aliphatic heterocycles. The van der Waals surface area contributed by atoms with Gasteiger partial charge in [-0.1, -0.05) is 19.9 Å². The van der Waals surface area contributed by atoms with Crippen molar-refractivity contribution in [2.75, 3.05) is 20.6 Å². The molecule has 8 heteroatoms. The van der Waals surface area contributed by atoms with E-state index in [1.165, 1.54) is 19.0 Å². The summed E-state index contributed by atoms with van der Waals surface area (Å²) in [4.78, 5) is 37.1. The maximum Gasteiger partial charge on any atom is 0.257 e. The van der Waals surface area contributed by atoms with Crippen LogP contribution in [0, 0.1) is 17.6 Å². The van der Waals surface area contributed by atoms with E-state index < -0.39 is 35.1 Å². The van der Waals surface area contributed by atoms with E-state index >= 15 is 0 Å². The summed E-state index contributed by atoms with van der Waals surface area (Å²) in [6.07, 6.45) is 0. The Balaban J connectivity index is 2.84. The highest BCUT2D eigenvalue weighted by atomic mass is 19.1. The van der Waals surface area contributed by atoms with Gasteiger partial charge in [-0.05, 0) is 18.1 Å². The third kappa shape index (κ3) is 5.00. The van der Waals surface area contributed by atoms with E-state index in [2.05, 4.69) is 10.6 Å². The fourth-order valence-corrected chi connectivity index (χ4v) is 1.89. The Hall–Kier alpha value is -2.51. The van der Waals surface area contributed by atoms with Gasteiger partial charge in [0.05, 0.1) is 6.54 Å². The van der Waals surface area contributed by atoms with Gasteiger partial charge in [0.1, 0.15) is 23.2 Å². The fourth-order valence-electron chi connectivity index (χ4n) is 1.89. The number of carbonyl (C=O) groups excluding carboxylic acids is 3. The molecule has 1 aromatic rings. The van der Waals surface area contributed by atoms with Crippen molar-refractivity contribution in [3.63, 3.8) is 0 Å². The zero-order valence-electron chi connectivity index (χ0n) is 14.0. The van der Waals surface area contributed by atoms with Crippen LogP contribution in [0.1, 0.15) is 24.2 Å². The molecule has 0 bridgehead atoms. The number of benzene rings is 1. The highest BCUT2D eigenvalue weighted by Crippen LogP contribution is 2.13. The third-order valence-corrected chi connectivity index (χ3v) is 3.34. The molecule has 0 heterocycles. The average Bonchev–Trinajstić information content (AvgIpc) is 2.49. The summed E-state index contributed by atoms with van der Waals surface area (Å²) in [5, 5.41) is 4.71. The molecule has 0 saturated carbocycles. The molecule has 132 valence electrons. The molecular weight excluding hydrogens is 320 g/mol. The number of halogens is 2. The first-order valence-corrected chi connectivity index (χ1v) is 7.37. The second kappa shape index (κ2) is 8.37. The van der Waals surface area contributed by atoms with E-state index in [1.807, 2.05) is 0 Å². The lowest BCUT2D eigenvalue weighted by Crippen LogP contribution is -2.51. The van der Waals surface area contributed by atoms with E-state index in [0.29, 0.717) is 0 Å². The van der Waals surface area contributed by atoms with E-state index in [0.717, 1.165) is 18.2 Å². The van der Waals surface area contributed by atoms with Gasteiger partial charge in [-0.15, -0.1) is 0 Å². The van der Waals surface area contributed by atoms with Crippen LogP contribution in [0.2, 0.25) is 0 Å². The van der Waals surface area contributed by atoms with Gasteiger partial charge in [0, 0.05) is 14.1 Å². The number of rotatable bonds is 6. The molecule has 0 radical (unpaired) electrons. The Morgan fingerprint density at radius 1 is 1.12 bits per heavy atom. The van der Waals surface area contributed by atoms with E-state index in [4.69, 9.17) is 0 Å². The minimum atomic E-state index is -1.04. The highest BCUT2D eigenvalue weighted by molar-refractivity contribution is 5.98. The van der Waals surface area contributed by atoms with Gasteiger partial charge in [-0.2, -0.15) is 0 Å². The van der Waals surface area contributed by atoms with Crippen LogP contribution >= 0.6 is 0 Å². The maximum absolute atomic E-state index is 13.6. The van der Waals surface area contributed by atoms with Crippen LogP contribution in [0.25, 0.3) is 0 Å². The van der Waals surface area contributed by atoms with Crippen molar-refractivity contribution in [1.82, 2.24) is 15.5 Å². The minimum Gasteiger partial charge on any atom is -0.347 e. The summed E-state index contributed by atoms with van der Waals surface area (Å²) in [5.74, 6) is -4.34. The first-order valence-electron chi connectivity index (χ1n) is 7.37. The molecule has 0 saturated heterocycles. The molecule has 0 aliphatic rings. The lowest BCUT2D eigenvalue weighted by Gasteiger charge is -2.22. The van der Waals surface area contributed by atoms with Crippen molar-refractivity contribution in [2.45, 2.75) is 19.9 Å². The third-order valence-electron chi connectivity index (χ3n) is 3.34. The summed E-state index contributed by atoms with van der Waals surface area (Å²) in [5.41, 5.74) is -0.750. The van der Waals surface area contributed by atoms with Crippen molar-refractivity contribution in [3.8, 4) is 0 Å². The van der Waals surface area contributed by atoms with Crippen molar-refractivity contribution >= 4 is 17.7 Å². The zero-order chi connectivity index (χ0) is 18.4. The number of carbonyl (C=O) groups is 3. The lowest BCUT2D eigenvalue weighted by atomic mass is 10.0. The van der Waals surface area contributed by atoms with Crippen molar-refractivity contribution in [1.29, 1.82) is 0 Å². The zero-order valence-corrected chi connectivity index (χ0v) is 14.0. The van der Waals surface area contributed by atoms with Gasteiger partial charge in [0.2, 0.25) is 11.8 Å². The summed E-state index contributed by atoms with van der Waals surface area (Å²) in [6, 6.07) is 2.02. The van der Waals surface area contributed by atoms with Crippen LogP contribution in [-0.2, 0) is 9.59 Å². The Kier molecular flexibility index (Phi) is 6.82. The topological polar surface area (TPSA) is 78.5 Å². The number of nitrogens with one attached hydrogen (secondary N) is 2. The normalized spacial score (nSPS) is 11.8. The minimum absolute atomic E-state index is 0.237. The smallest absolute Gasteiger partial charge is 0.257 e. The first-order chi connectivity index (χ1) is 11.1. The van der Waals surface area contributed by atoms with Crippen LogP contribution in [0.4, 0.5) is 8.78 Å². The molecule has 6 nitrogen and oxygen atoms in total. The summed E-state index contributed by atoms with van der Waals surface area (Å²) in [7, 11) is 3.08. The Labute approximate surface area is 139 Å². The summed E-state index contributed by atoms with van der Waals surface area (Å²) >= 11 is 0. The van der Waals surface area contributed by atoms with Gasteiger partial charge in [-0.3, -0.25) is 14.4 Å². The van der Waals surface area contributed by atoms with Gasteiger partial charge in [-0.25, -0.2) is 8.78 Å². The lowest BCUT2D eigenvalue weighted by molar-refractivity contribution is -0.131. The number of hydrogen-bond acceptors (Lipinski definition) is 3. The Morgan fingerprint density at radius 2 is 1.67 bits per heavy atom. The van der Waals surface area contributed by atoms with Crippen LogP contribution < -0.4 is 10.6 Å². The molecule has 1 aromatic carbocycles. The van der Waals surface area contributed by atoms with Crippen LogP contribution in [-0.4, -0.2) is 49.3 Å². The number of amides is 3. The molecule has 0 fully saturated rings. The average molecular weight is 341 g/mol. The molecule has 24 heavy (non-hydrogen) atoms. The second-order valence-corrected chi connectivity index (χ2v) is 5.80. The molecular formula is C16H21F2N3O3. The van der Waals surface area contributed by atoms with Gasteiger partial charge in [0.15, 0.2) is 0 Å². The quantitative estimate of drug-likeness (QED) is 0.808. The number of likely N-dealkylation sites (N-methyl/N-ethyl adjacent to an activating group) is 1. The molecule has 1 rings (SSSR count). The largest absolute Gasteiger partial charge is 0.347 e. The molecule has 3 amide bonds. The molecule has 0 aromatic heterocycles. The Morgan fingerprint density at radius 3 is 2.12 bits per heavy atom. The van der Waals surface area contributed by atoms with Gasteiger partial charge in [0.25, 0.3) is 5.91 Å². The molecule has 0 spiro atoms. The SMILES string of the molecule is CC(C)C(NC(=O)c1c(F)cccc1F)C(=O)NCC(=O)N(C)C. The number of hydrogen-bond donors (Lipinski definition) is 2.